The van der Waals surface area contributed by atoms with Gasteiger partial charge >= 0.3 is 0 Å². The van der Waals surface area contributed by atoms with Crippen LogP contribution in [0, 0.1) is 6.92 Å². The summed E-state index contributed by atoms with van der Waals surface area (Å²) in [4.78, 5) is 14.0. The van der Waals surface area contributed by atoms with E-state index in [1.165, 1.54) is 13.0 Å². The van der Waals surface area contributed by atoms with Crippen molar-refractivity contribution in [2.45, 2.75) is 50.5 Å². The van der Waals surface area contributed by atoms with E-state index in [4.69, 9.17) is 0 Å². The molecule has 0 spiro atoms. The van der Waals surface area contributed by atoms with E-state index in [2.05, 4.69) is 12.2 Å². The molecule has 1 aliphatic rings. The SMILES string of the molecule is CCC[NH+]1CCC(NC(=O)CCS(=O)(=O)c2ccc(C)cc2)CC1. The lowest BCUT2D eigenvalue weighted by Gasteiger charge is -2.29. The maximum Gasteiger partial charge on any atom is 0.221 e. The molecule has 1 amide bonds. The van der Waals surface area contributed by atoms with Gasteiger partial charge in [-0.2, -0.15) is 0 Å². The number of hydrogen-bond donors (Lipinski definition) is 2. The van der Waals surface area contributed by atoms with Gasteiger partial charge in [-0.05, 0) is 25.5 Å². The lowest BCUT2D eigenvalue weighted by atomic mass is 10.0. The average Bonchev–Trinajstić information content (AvgIpc) is 2.56. The highest BCUT2D eigenvalue weighted by Gasteiger charge is 2.23. The van der Waals surface area contributed by atoms with Crippen LogP contribution in [0.15, 0.2) is 29.2 Å². The van der Waals surface area contributed by atoms with Crippen molar-refractivity contribution in [3.05, 3.63) is 29.8 Å². The third kappa shape index (κ3) is 5.60. The lowest BCUT2D eigenvalue weighted by Crippen LogP contribution is -3.13. The fourth-order valence-electron chi connectivity index (χ4n) is 3.16. The summed E-state index contributed by atoms with van der Waals surface area (Å²) in [5, 5.41) is 3.00. The van der Waals surface area contributed by atoms with E-state index >= 15 is 0 Å². The molecule has 0 bridgehead atoms. The van der Waals surface area contributed by atoms with Gasteiger partial charge in [-0.15, -0.1) is 0 Å². The second-order valence-electron chi connectivity index (χ2n) is 6.72. The Hall–Kier alpha value is -1.40. The van der Waals surface area contributed by atoms with Crippen LogP contribution in [0.5, 0.6) is 0 Å². The summed E-state index contributed by atoms with van der Waals surface area (Å²) in [5.74, 6) is -0.295. The summed E-state index contributed by atoms with van der Waals surface area (Å²) in [7, 11) is -3.39. The van der Waals surface area contributed by atoms with Crippen LogP contribution in [-0.2, 0) is 14.6 Å². The number of rotatable bonds is 7. The number of amides is 1. The zero-order chi connectivity index (χ0) is 17.6. The number of carbonyl (C=O) groups excluding carboxylic acids is 1. The predicted octanol–water partition coefficient (Wildman–Crippen LogP) is 0.732. The summed E-state index contributed by atoms with van der Waals surface area (Å²) in [6.45, 7) is 7.46. The smallest absolute Gasteiger partial charge is 0.221 e. The highest BCUT2D eigenvalue weighted by Crippen LogP contribution is 2.13. The van der Waals surface area contributed by atoms with Crippen LogP contribution in [0.3, 0.4) is 0 Å². The van der Waals surface area contributed by atoms with E-state index in [1.807, 2.05) is 6.92 Å². The van der Waals surface area contributed by atoms with Gasteiger partial charge in [0.15, 0.2) is 9.84 Å². The predicted molar refractivity (Wildman–Crippen MR) is 94.9 cm³/mol. The quantitative estimate of drug-likeness (QED) is 0.759. The van der Waals surface area contributed by atoms with Crippen LogP contribution in [-0.4, -0.2) is 45.8 Å². The van der Waals surface area contributed by atoms with E-state index < -0.39 is 9.84 Å². The Labute approximate surface area is 145 Å². The van der Waals surface area contributed by atoms with E-state index in [9.17, 15) is 13.2 Å². The van der Waals surface area contributed by atoms with Crippen molar-refractivity contribution in [2.75, 3.05) is 25.4 Å². The van der Waals surface area contributed by atoms with Gasteiger partial charge in [-0.25, -0.2) is 8.42 Å². The standard InChI is InChI=1S/C18H28N2O3S/c1-3-11-20-12-8-16(9-13-20)19-18(21)10-14-24(22,23)17-6-4-15(2)5-7-17/h4-7,16H,3,8-14H2,1-2H3,(H,19,21)/p+1. The van der Waals surface area contributed by atoms with Crippen LogP contribution >= 0.6 is 0 Å². The Bertz CT molecular complexity index is 633. The minimum atomic E-state index is -3.39. The molecule has 1 saturated heterocycles. The van der Waals surface area contributed by atoms with Crippen molar-refractivity contribution in [1.82, 2.24) is 5.32 Å². The number of likely N-dealkylation sites (tertiary alicyclic amines) is 1. The number of nitrogens with one attached hydrogen (secondary N) is 2. The molecule has 1 aliphatic heterocycles. The minimum Gasteiger partial charge on any atom is -0.353 e. The van der Waals surface area contributed by atoms with Gasteiger partial charge < -0.3 is 10.2 Å². The van der Waals surface area contributed by atoms with E-state index in [0.717, 1.165) is 31.5 Å². The number of benzene rings is 1. The van der Waals surface area contributed by atoms with Crippen LogP contribution in [0.25, 0.3) is 0 Å². The normalized spacial score (nSPS) is 21.4. The molecule has 2 rings (SSSR count). The highest BCUT2D eigenvalue weighted by atomic mass is 32.2. The van der Waals surface area contributed by atoms with Crippen molar-refractivity contribution in [3.8, 4) is 0 Å². The van der Waals surface area contributed by atoms with Crippen molar-refractivity contribution < 1.29 is 18.1 Å². The summed E-state index contributed by atoms with van der Waals surface area (Å²) < 4.78 is 24.5. The summed E-state index contributed by atoms with van der Waals surface area (Å²) >= 11 is 0. The fourth-order valence-corrected chi connectivity index (χ4v) is 4.40. The van der Waals surface area contributed by atoms with Gasteiger partial charge in [0, 0.05) is 25.3 Å². The van der Waals surface area contributed by atoms with Gasteiger partial charge in [-0.1, -0.05) is 24.6 Å². The first-order valence-electron chi connectivity index (χ1n) is 8.83. The molecule has 1 aromatic carbocycles. The molecule has 0 atom stereocenters. The highest BCUT2D eigenvalue weighted by molar-refractivity contribution is 7.91. The zero-order valence-electron chi connectivity index (χ0n) is 14.7. The van der Waals surface area contributed by atoms with Crippen molar-refractivity contribution >= 4 is 15.7 Å². The first-order chi connectivity index (χ1) is 11.4. The van der Waals surface area contributed by atoms with Gasteiger partial charge in [0.25, 0.3) is 0 Å². The first-order valence-corrected chi connectivity index (χ1v) is 10.5. The van der Waals surface area contributed by atoms with Crippen LogP contribution < -0.4 is 10.2 Å². The zero-order valence-corrected chi connectivity index (χ0v) is 15.5. The fraction of sp³-hybridized carbons (Fsp3) is 0.611. The molecule has 0 aromatic heterocycles. The Morgan fingerprint density at radius 1 is 1.21 bits per heavy atom. The van der Waals surface area contributed by atoms with Gasteiger partial charge in [0.2, 0.25) is 5.91 Å². The molecular weight excluding hydrogens is 324 g/mol. The molecule has 6 heteroatoms. The average molecular weight is 354 g/mol. The number of hydrogen-bond acceptors (Lipinski definition) is 3. The lowest BCUT2D eigenvalue weighted by molar-refractivity contribution is -0.905. The Morgan fingerprint density at radius 3 is 2.42 bits per heavy atom. The maximum absolute atomic E-state index is 12.3. The molecule has 1 fully saturated rings. The van der Waals surface area contributed by atoms with Crippen LogP contribution in [0.2, 0.25) is 0 Å². The molecule has 1 aromatic rings. The van der Waals surface area contributed by atoms with E-state index in [1.54, 1.807) is 29.2 Å². The second kappa shape index (κ2) is 8.62. The third-order valence-electron chi connectivity index (χ3n) is 4.64. The Kier molecular flexibility index (Phi) is 6.80. The number of carbonyl (C=O) groups is 1. The van der Waals surface area contributed by atoms with E-state index in [0.29, 0.717) is 0 Å². The monoisotopic (exact) mass is 353 g/mol. The van der Waals surface area contributed by atoms with Crippen molar-refractivity contribution in [2.24, 2.45) is 0 Å². The van der Waals surface area contributed by atoms with Crippen molar-refractivity contribution in [1.29, 1.82) is 0 Å². The third-order valence-corrected chi connectivity index (χ3v) is 6.37. The molecular formula is C18H29N2O3S+. The molecule has 2 N–H and O–H groups in total. The van der Waals surface area contributed by atoms with E-state index in [-0.39, 0.29) is 29.0 Å². The van der Waals surface area contributed by atoms with Gasteiger partial charge in [-0.3, -0.25) is 4.79 Å². The molecule has 0 unspecified atom stereocenters. The summed E-state index contributed by atoms with van der Waals surface area (Å²) in [6.07, 6.45) is 3.17. The largest absolute Gasteiger partial charge is 0.353 e. The number of sulfone groups is 1. The maximum atomic E-state index is 12.3. The minimum absolute atomic E-state index is 0.0260. The molecule has 24 heavy (non-hydrogen) atoms. The van der Waals surface area contributed by atoms with Crippen molar-refractivity contribution in [3.63, 3.8) is 0 Å². The number of quaternary nitrogens is 1. The second-order valence-corrected chi connectivity index (χ2v) is 8.83. The summed E-state index contributed by atoms with van der Waals surface area (Å²) in [5.41, 5.74) is 1.02. The van der Waals surface area contributed by atoms with Crippen LogP contribution in [0.4, 0.5) is 0 Å². The molecule has 0 saturated carbocycles. The number of aryl methyl sites for hydroxylation is 1. The molecule has 134 valence electrons. The van der Waals surface area contributed by atoms with Crippen LogP contribution in [0.1, 0.15) is 38.2 Å². The Morgan fingerprint density at radius 2 is 1.83 bits per heavy atom. The Balaban J connectivity index is 1.78. The molecule has 0 aliphatic carbocycles. The topological polar surface area (TPSA) is 67.7 Å². The molecule has 1 heterocycles. The molecule has 0 radical (unpaired) electrons. The van der Waals surface area contributed by atoms with Gasteiger partial charge in [0.1, 0.15) is 0 Å². The van der Waals surface area contributed by atoms with Gasteiger partial charge in [0.05, 0.1) is 30.3 Å². The first kappa shape index (κ1) is 18.9. The summed E-state index contributed by atoms with van der Waals surface area (Å²) in [6, 6.07) is 6.96. The molecule has 5 nitrogen and oxygen atoms in total. The number of piperidine rings is 1.